The van der Waals surface area contributed by atoms with Crippen molar-refractivity contribution in [1.29, 1.82) is 0 Å². The average molecular weight is 943 g/mol. The monoisotopic (exact) mass is 943 g/mol. The van der Waals surface area contributed by atoms with Crippen molar-refractivity contribution >= 4 is 29.1 Å². The molecule has 4 saturated heterocycles. The lowest BCUT2D eigenvalue weighted by atomic mass is 9.82. The zero-order valence-corrected chi connectivity index (χ0v) is 41.2. The molecule has 15 heteroatoms. The lowest BCUT2D eigenvalue weighted by Crippen LogP contribution is -2.61. The maximum atomic E-state index is 14.3. The van der Waals surface area contributed by atoms with E-state index in [-0.39, 0.29) is 54.8 Å². The van der Waals surface area contributed by atoms with Crippen molar-refractivity contribution in [2.45, 2.75) is 134 Å². The Morgan fingerprint density at radius 3 is 2.13 bits per heavy atom. The maximum Gasteiger partial charge on any atom is 0.246 e. The molecule has 69 heavy (non-hydrogen) atoms. The van der Waals surface area contributed by atoms with Gasteiger partial charge in [0.05, 0.1) is 36.1 Å². The van der Waals surface area contributed by atoms with Crippen LogP contribution < -0.4 is 20.9 Å². The van der Waals surface area contributed by atoms with E-state index in [2.05, 4.69) is 57.7 Å². The molecule has 2 aromatic carbocycles. The van der Waals surface area contributed by atoms with E-state index in [9.17, 15) is 24.6 Å². The number of terminal acetylenes is 1. The van der Waals surface area contributed by atoms with Gasteiger partial charge in [-0.05, 0) is 126 Å². The predicted molar refractivity (Wildman–Crippen MR) is 269 cm³/mol. The number of fused-ring (bicyclic) bond motifs is 3. The number of hydrogen-bond acceptors (Lipinski definition) is 13. The first-order valence-corrected chi connectivity index (χ1v) is 25.7. The molecule has 5 N–H and O–H groups in total. The quantitative estimate of drug-likeness (QED) is 0.160. The zero-order chi connectivity index (χ0) is 48.4. The highest BCUT2D eigenvalue weighted by Crippen LogP contribution is 2.38. The van der Waals surface area contributed by atoms with Crippen LogP contribution in [0.5, 0.6) is 5.75 Å². The van der Waals surface area contributed by atoms with Gasteiger partial charge in [0.15, 0.2) is 11.6 Å². The number of likely N-dealkylation sites (tertiary alicyclic amines) is 3. The number of amides is 2. The smallest absolute Gasteiger partial charge is 0.246 e. The highest BCUT2D eigenvalue weighted by atomic mass is 16.3. The lowest BCUT2D eigenvalue weighted by Gasteiger charge is -2.50. The van der Waals surface area contributed by atoms with Gasteiger partial charge in [0.2, 0.25) is 11.8 Å². The van der Waals surface area contributed by atoms with Crippen LogP contribution in [-0.2, 0) is 14.4 Å². The summed E-state index contributed by atoms with van der Waals surface area (Å²) in [6, 6.07) is 17.3. The summed E-state index contributed by atoms with van der Waals surface area (Å²) in [5.74, 6) is 2.93. The first-order chi connectivity index (χ1) is 33.2. The van der Waals surface area contributed by atoms with Crippen molar-refractivity contribution in [3.05, 3.63) is 65.7 Å². The van der Waals surface area contributed by atoms with Crippen LogP contribution in [0.1, 0.15) is 103 Å². The summed E-state index contributed by atoms with van der Waals surface area (Å²) < 4.78 is 0. The van der Waals surface area contributed by atoms with E-state index in [1.807, 2.05) is 70.2 Å². The van der Waals surface area contributed by atoms with E-state index in [0.29, 0.717) is 35.4 Å². The van der Waals surface area contributed by atoms with Crippen LogP contribution >= 0.6 is 0 Å². The first kappa shape index (κ1) is 48.9. The second-order valence-electron chi connectivity index (χ2n) is 21.8. The molecule has 5 atom stereocenters. The lowest BCUT2D eigenvalue weighted by molar-refractivity contribution is -0.144. The number of nitrogens with one attached hydrogen (secondary N) is 3. The van der Waals surface area contributed by atoms with E-state index in [1.165, 1.54) is 30.6 Å². The number of carbonyl (C=O) groups excluding carboxylic acids is 3. The number of Topliss-reactive ketones (excluding diaryl/α,β-unsaturated/α-hetero) is 1. The molecule has 0 unspecified atom stereocenters. The number of aliphatic hydroxyl groups is 1. The largest absolute Gasteiger partial charge is 0.507 e. The van der Waals surface area contributed by atoms with Crippen molar-refractivity contribution in [2.75, 3.05) is 75.7 Å². The number of benzene rings is 2. The summed E-state index contributed by atoms with van der Waals surface area (Å²) in [7, 11) is 0. The number of carbonyl (C=O) groups is 3. The van der Waals surface area contributed by atoms with Gasteiger partial charge in [-0.2, -0.15) is 0 Å². The van der Waals surface area contributed by atoms with Crippen LogP contribution in [0.3, 0.4) is 0 Å². The molecular formula is C54H74N10O5. The number of para-hydroxylation sites is 1. The van der Waals surface area contributed by atoms with Crippen molar-refractivity contribution in [2.24, 2.45) is 11.3 Å². The summed E-state index contributed by atoms with van der Waals surface area (Å²) in [5, 5.41) is 40.1. The second-order valence-corrected chi connectivity index (χ2v) is 21.8. The number of aromatic nitrogens is 2. The number of piperazine rings is 1. The molecule has 6 heterocycles. The van der Waals surface area contributed by atoms with Crippen LogP contribution in [-0.4, -0.2) is 165 Å². The van der Waals surface area contributed by atoms with Crippen LogP contribution in [0.2, 0.25) is 0 Å². The molecule has 5 aliphatic heterocycles. The van der Waals surface area contributed by atoms with E-state index < -0.39 is 23.6 Å². The van der Waals surface area contributed by atoms with Crippen LogP contribution in [0.25, 0.3) is 11.3 Å². The molecule has 1 aliphatic carbocycles. The minimum atomic E-state index is -0.825. The van der Waals surface area contributed by atoms with Gasteiger partial charge in [0.25, 0.3) is 0 Å². The molecule has 15 nitrogen and oxygen atoms in total. The number of phenols is 1. The van der Waals surface area contributed by atoms with E-state index in [0.717, 1.165) is 101 Å². The Kier molecular flexibility index (Phi) is 14.9. The molecule has 370 valence electrons. The SMILES string of the molecule is C#Cc1ccc([C@H](C)NCC(=O)[C@@H]2C[C@@H](O)CN2C(=O)[C@@H](NC(=O)C2CCC(N3CCC(N4CCC(N5CCN6c7cc(-c8ccccc8O)nnc7NC[C@H]6C5)CC4)CC3)CC2)C(C)(C)C)cc1. The average Bonchev–Trinajstić information content (AvgIpc) is 3.78. The Hall–Kier alpha value is -5.11. The Balaban J connectivity index is 0.703. The van der Waals surface area contributed by atoms with Crippen LogP contribution in [0.15, 0.2) is 54.6 Å². The Morgan fingerprint density at radius 1 is 0.826 bits per heavy atom. The van der Waals surface area contributed by atoms with Crippen LogP contribution in [0, 0.1) is 23.7 Å². The fraction of sp³-hybridized carbons (Fsp3) is 0.611. The van der Waals surface area contributed by atoms with E-state index in [4.69, 9.17) is 6.42 Å². The Labute approximate surface area is 408 Å². The zero-order valence-electron chi connectivity index (χ0n) is 41.2. The third kappa shape index (κ3) is 11.0. The second kappa shape index (κ2) is 21.1. The van der Waals surface area contributed by atoms with Gasteiger partial charge in [-0.15, -0.1) is 16.6 Å². The van der Waals surface area contributed by atoms with E-state index in [1.54, 1.807) is 6.07 Å². The fourth-order valence-electron chi connectivity index (χ4n) is 12.2. The first-order valence-electron chi connectivity index (χ1n) is 25.7. The third-order valence-corrected chi connectivity index (χ3v) is 16.4. The summed E-state index contributed by atoms with van der Waals surface area (Å²) in [5.41, 5.74) is 3.64. The molecule has 3 aromatic rings. The molecule has 0 bridgehead atoms. The van der Waals surface area contributed by atoms with Gasteiger partial charge >= 0.3 is 0 Å². The highest BCUT2D eigenvalue weighted by molar-refractivity contribution is 5.95. The Bertz CT molecular complexity index is 2330. The summed E-state index contributed by atoms with van der Waals surface area (Å²) in [6.45, 7) is 16.3. The molecule has 1 saturated carbocycles. The number of hydrogen-bond donors (Lipinski definition) is 5. The molecule has 0 radical (unpaired) electrons. The number of nitrogens with zero attached hydrogens (tertiary/aromatic N) is 7. The van der Waals surface area contributed by atoms with Crippen molar-refractivity contribution in [3.8, 4) is 29.4 Å². The van der Waals surface area contributed by atoms with Crippen molar-refractivity contribution < 1.29 is 24.6 Å². The standard InChI is InChI=1S/C54H74N10O5/c1-6-36-11-13-37(14-12-36)35(2)55-32-49(67)46-29-43(65)34-64(46)53(69)50(54(3,4)5)57-52(68)38-15-17-39(18-16-38)60-23-19-40(20-24-60)61-25-21-41(22-26-61)62-27-28-63-42(33-62)31-56-51-47(63)30-45(58-59-51)44-9-7-8-10-48(44)66/h1,7-14,30,35,38-43,46,50,55,65-66H,15-29,31-34H2,2-5H3,(H,56,59)(H,57,68)/t35-,38?,39?,42-,43+,46-,50+/m0/s1. The number of ketones is 1. The van der Waals surface area contributed by atoms with Crippen molar-refractivity contribution in [3.63, 3.8) is 0 Å². The summed E-state index contributed by atoms with van der Waals surface area (Å²) in [4.78, 5) is 54.0. The molecule has 5 fully saturated rings. The van der Waals surface area contributed by atoms with Gasteiger partial charge in [-0.25, -0.2) is 0 Å². The molecule has 2 amide bonds. The molecule has 1 aromatic heterocycles. The number of phenolic OH excluding ortho intramolecular Hbond substituents is 1. The maximum absolute atomic E-state index is 14.3. The van der Waals surface area contributed by atoms with Gasteiger partial charge < -0.3 is 45.8 Å². The topological polar surface area (TPSA) is 170 Å². The predicted octanol–water partition coefficient (Wildman–Crippen LogP) is 4.65. The fourth-order valence-corrected chi connectivity index (χ4v) is 12.2. The molecule has 0 spiro atoms. The van der Waals surface area contributed by atoms with E-state index >= 15 is 0 Å². The van der Waals surface area contributed by atoms with Gasteiger partial charge in [-0.3, -0.25) is 19.3 Å². The summed E-state index contributed by atoms with van der Waals surface area (Å²) in [6.07, 6.45) is 13.2. The van der Waals surface area contributed by atoms with Gasteiger partial charge in [0, 0.05) is 80.4 Å². The number of anilines is 2. The van der Waals surface area contributed by atoms with Gasteiger partial charge in [0.1, 0.15) is 11.8 Å². The van der Waals surface area contributed by atoms with Crippen LogP contribution in [0.4, 0.5) is 11.5 Å². The number of aliphatic hydroxyl groups excluding tert-OH is 1. The number of piperidine rings is 2. The third-order valence-electron chi connectivity index (χ3n) is 16.4. The Morgan fingerprint density at radius 2 is 1.48 bits per heavy atom. The van der Waals surface area contributed by atoms with Crippen molar-refractivity contribution in [1.82, 2.24) is 40.4 Å². The number of β-amino-alcohol motifs (C(OH)–C–C–N with tert-alkyl or cyclic N) is 1. The number of aromatic hydroxyl groups is 1. The number of rotatable bonds is 12. The molecule has 6 aliphatic rings. The highest BCUT2D eigenvalue weighted by Gasteiger charge is 2.45. The molecule has 9 rings (SSSR count). The minimum absolute atomic E-state index is 0.0445. The molecular weight excluding hydrogens is 869 g/mol. The van der Waals surface area contributed by atoms with Gasteiger partial charge in [-0.1, -0.05) is 51.0 Å². The summed E-state index contributed by atoms with van der Waals surface area (Å²) >= 11 is 0. The minimum Gasteiger partial charge on any atom is -0.507 e. The normalized spacial score (nSPS) is 26.3.